The number of benzene rings is 2. The summed E-state index contributed by atoms with van der Waals surface area (Å²) in [6.07, 6.45) is 1.81. The zero-order valence-electron chi connectivity index (χ0n) is 14.0. The van der Waals surface area contributed by atoms with Gasteiger partial charge in [0.15, 0.2) is 0 Å². The fourth-order valence-electron chi connectivity index (χ4n) is 3.01. The van der Waals surface area contributed by atoms with Crippen molar-refractivity contribution in [2.45, 2.75) is 20.4 Å². The van der Waals surface area contributed by atoms with Crippen LogP contribution in [0.1, 0.15) is 17.0 Å². The van der Waals surface area contributed by atoms with Gasteiger partial charge in [-0.05, 0) is 56.3 Å². The van der Waals surface area contributed by atoms with Gasteiger partial charge in [-0.25, -0.2) is 9.07 Å². The Morgan fingerprint density at radius 2 is 1.92 bits per heavy atom. The molecule has 2 N–H and O–H groups in total. The van der Waals surface area contributed by atoms with Crippen molar-refractivity contribution in [3.8, 4) is 5.69 Å². The second-order valence-electron chi connectivity index (χ2n) is 6.06. The molecule has 0 saturated heterocycles. The number of aromatic nitrogens is 4. The summed E-state index contributed by atoms with van der Waals surface area (Å²) in [5, 5.41) is 16.1. The minimum Gasteiger partial charge on any atom is -0.381 e. The quantitative estimate of drug-likeness (QED) is 0.590. The first-order valence-corrected chi connectivity index (χ1v) is 8.10. The normalized spacial score (nSPS) is 11.2. The molecule has 0 saturated carbocycles. The number of rotatable bonds is 4. The number of fused-ring (bicyclic) bond motifs is 1. The molecule has 2 aromatic heterocycles. The maximum Gasteiger partial charge on any atom is 0.123 e. The molecule has 0 aliphatic heterocycles. The lowest BCUT2D eigenvalue weighted by Crippen LogP contribution is -2.03. The number of nitrogens with zero attached hydrogens (tertiary/aromatic N) is 3. The van der Waals surface area contributed by atoms with E-state index in [0.29, 0.717) is 6.54 Å². The van der Waals surface area contributed by atoms with E-state index in [-0.39, 0.29) is 5.82 Å². The van der Waals surface area contributed by atoms with Crippen molar-refractivity contribution in [1.29, 1.82) is 0 Å². The summed E-state index contributed by atoms with van der Waals surface area (Å²) < 4.78 is 15.0. The average Bonchev–Trinajstić information content (AvgIpc) is 3.18. The number of H-pyrrole nitrogens is 1. The first-order valence-electron chi connectivity index (χ1n) is 8.10. The molecule has 0 fully saturated rings. The molecule has 0 radical (unpaired) electrons. The molecule has 2 heterocycles. The maximum absolute atomic E-state index is 13.1. The third kappa shape index (κ3) is 2.87. The Balaban J connectivity index is 1.59. The van der Waals surface area contributed by atoms with Crippen molar-refractivity contribution >= 4 is 16.6 Å². The summed E-state index contributed by atoms with van der Waals surface area (Å²) in [6.45, 7) is 4.69. The van der Waals surface area contributed by atoms with Crippen molar-refractivity contribution in [3.05, 3.63) is 71.4 Å². The lowest BCUT2D eigenvalue weighted by atomic mass is 10.2. The maximum atomic E-state index is 13.1. The van der Waals surface area contributed by atoms with Crippen LogP contribution in [0.25, 0.3) is 16.6 Å². The molecule has 5 nitrogen and oxygen atoms in total. The van der Waals surface area contributed by atoms with E-state index in [1.165, 1.54) is 12.1 Å². The molecule has 0 atom stereocenters. The van der Waals surface area contributed by atoms with E-state index in [2.05, 4.69) is 26.7 Å². The highest BCUT2D eigenvalue weighted by Gasteiger charge is 2.13. The van der Waals surface area contributed by atoms with Crippen molar-refractivity contribution in [2.24, 2.45) is 0 Å². The first kappa shape index (κ1) is 15.4. The third-order valence-electron chi connectivity index (χ3n) is 4.42. The van der Waals surface area contributed by atoms with Crippen LogP contribution in [0.4, 0.5) is 10.1 Å². The number of hydrogen-bond donors (Lipinski definition) is 2. The third-order valence-corrected chi connectivity index (χ3v) is 4.42. The van der Waals surface area contributed by atoms with E-state index in [1.54, 1.807) is 12.1 Å². The molecular formula is C19H18FN5. The molecule has 0 bridgehead atoms. The fraction of sp³-hybridized carbons (Fsp3) is 0.158. The Kier molecular flexibility index (Phi) is 3.72. The molecule has 4 rings (SSSR count). The highest BCUT2D eigenvalue weighted by Crippen LogP contribution is 2.21. The largest absolute Gasteiger partial charge is 0.381 e. The Bertz CT molecular complexity index is 1030. The second kappa shape index (κ2) is 6.05. The zero-order chi connectivity index (χ0) is 17.4. The number of aryl methyl sites for hydroxylation is 1. The predicted octanol–water partition coefficient (Wildman–Crippen LogP) is 4.12. The first-order chi connectivity index (χ1) is 12.1. The minimum absolute atomic E-state index is 0.248. The van der Waals surface area contributed by atoms with Gasteiger partial charge in [-0.15, -0.1) is 0 Å². The summed E-state index contributed by atoms with van der Waals surface area (Å²) >= 11 is 0. The molecule has 4 aromatic rings. The molecule has 6 heteroatoms. The van der Waals surface area contributed by atoms with E-state index in [1.807, 2.05) is 36.9 Å². The van der Waals surface area contributed by atoms with Crippen LogP contribution in [0.2, 0.25) is 0 Å². The molecule has 25 heavy (non-hydrogen) atoms. The Labute approximate surface area is 144 Å². The van der Waals surface area contributed by atoms with Gasteiger partial charge in [0.2, 0.25) is 0 Å². The van der Waals surface area contributed by atoms with Crippen LogP contribution in [0, 0.1) is 19.7 Å². The van der Waals surface area contributed by atoms with Crippen LogP contribution < -0.4 is 5.32 Å². The predicted molar refractivity (Wildman–Crippen MR) is 96.4 cm³/mol. The minimum atomic E-state index is -0.248. The van der Waals surface area contributed by atoms with Gasteiger partial charge in [0, 0.05) is 28.9 Å². The van der Waals surface area contributed by atoms with Crippen molar-refractivity contribution in [2.75, 3.05) is 5.32 Å². The van der Waals surface area contributed by atoms with Crippen molar-refractivity contribution in [3.63, 3.8) is 0 Å². The highest BCUT2D eigenvalue weighted by atomic mass is 19.1. The van der Waals surface area contributed by atoms with Gasteiger partial charge < -0.3 is 5.32 Å². The monoisotopic (exact) mass is 335 g/mol. The standard InChI is InChI=1S/C19H18FN5/c1-12-18(11-21-16-5-8-19-14(9-16)10-22-23-19)13(2)25(24-12)17-6-3-15(20)4-7-17/h3-10,21H,11H2,1-2H3,(H,22,23). The van der Waals surface area contributed by atoms with Crippen LogP contribution in [0.15, 0.2) is 48.7 Å². The number of halogens is 1. The summed E-state index contributed by atoms with van der Waals surface area (Å²) in [5.41, 5.74) is 6.04. The topological polar surface area (TPSA) is 58.5 Å². The van der Waals surface area contributed by atoms with Gasteiger partial charge in [-0.3, -0.25) is 5.10 Å². The Morgan fingerprint density at radius 1 is 1.12 bits per heavy atom. The van der Waals surface area contributed by atoms with Gasteiger partial charge in [-0.1, -0.05) is 0 Å². The summed E-state index contributed by atoms with van der Waals surface area (Å²) in [6, 6.07) is 12.5. The van der Waals surface area contributed by atoms with Gasteiger partial charge in [-0.2, -0.15) is 10.2 Å². The molecular weight excluding hydrogens is 317 g/mol. The van der Waals surface area contributed by atoms with E-state index in [9.17, 15) is 4.39 Å². The average molecular weight is 335 g/mol. The Morgan fingerprint density at radius 3 is 2.72 bits per heavy atom. The van der Waals surface area contributed by atoms with Crippen LogP contribution in [-0.4, -0.2) is 20.0 Å². The van der Waals surface area contributed by atoms with E-state index in [0.717, 1.165) is 39.2 Å². The molecule has 0 unspecified atom stereocenters. The van der Waals surface area contributed by atoms with Crippen LogP contribution >= 0.6 is 0 Å². The van der Waals surface area contributed by atoms with E-state index in [4.69, 9.17) is 0 Å². The van der Waals surface area contributed by atoms with Crippen molar-refractivity contribution in [1.82, 2.24) is 20.0 Å². The van der Waals surface area contributed by atoms with Crippen LogP contribution in [0.3, 0.4) is 0 Å². The summed E-state index contributed by atoms with van der Waals surface area (Å²) in [5.74, 6) is -0.248. The number of aromatic amines is 1. The number of anilines is 1. The summed E-state index contributed by atoms with van der Waals surface area (Å²) in [4.78, 5) is 0. The lowest BCUT2D eigenvalue weighted by molar-refractivity contribution is 0.627. The van der Waals surface area contributed by atoms with Crippen LogP contribution in [0.5, 0.6) is 0 Å². The smallest absolute Gasteiger partial charge is 0.123 e. The summed E-state index contributed by atoms with van der Waals surface area (Å²) in [7, 11) is 0. The highest BCUT2D eigenvalue weighted by molar-refractivity contribution is 5.81. The van der Waals surface area contributed by atoms with Crippen LogP contribution in [-0.2, 0) is 6.54 Å². The molecule has 0 spiro atoms. The molecule has 0 aliphatic rings. The SMILES string of the molecule is Cc1nn(-c2ccc(F)cc2)c(C)c1CNc1ccc2[nH]ncc2c1. The van der Waals surface area contributed by atoms with Gasteiger partial charge >= 0.3 is 0 Å². The Hall–Kier alpha value is -3.15. The van der Waals surface area contributed by atoms with Crippen molar-refractivity contribution < 1.29 is 4.39 Å². The number of hydrogen-bond acceptors (Lipinski definition) is 3. The molecule has 0 amide bonds. The van der Waals surface area contributed by atoms with Gasteiger partial charge in [0.1, 0.15) is 5.82 Å². The van der Waals surface area contributed by atoms with E-state index < -0.39 is 0 Å². The molecule has 2 aromatic carbocycles. The molecule has 0 aliphatic carbocycles. The lowest BCUT2D eigenvalue weighted by Gasteiger charge is -2.08. The molecule has 126 valence electrons. The second-order valence-corrected chi connectivity index (χ2v) is 6.06. The van der Waals surface area contributed by atoms with E-state index >= 15 is 0 Å². The van der Waals surface area contributed by atoms with Gasteiger partial charge in [0.25, 0.3) is 0 Å². The number of nitrogens with one attached hydrogen (secondary N) is 2. The fourth-order valence-corrected chi connectivity index (χ4v) is 3.01. The van der Waals surface area contributed by atoms with Gasteiger partial charge in [0.05, 0.1) is 23.1 Å². The zero-order valence-corrected chi connectivity index (χ0v) is 14.0.